The van der Waals surface area contributed by atoms with Gasteiger partial charge in [0.05, 0.1) is 10.6 Å². The molecule has 0 radical (unpaired) electrons. The zero-order chi connectivity index (χ0) is 21.8. The molecule has 0 saturated heterocycles. The number of hydrogen-bond donors (Lipinski definition) is 1. The fraction of sp³-hybridized carbons (Fsp3) is 0.458. The predicted molar refractivity (Wildman–Crippen MR) is 117 cm³/mol. The second-order valence-corrected chi connectivity index (χ2v) is 11.6. The number of carbonyl (C=O) groups is 1. The first-order valence-corrected chi connectivity index (χ1v) is 12.4. The predicted octanol–water partition coefficient (Wildman–Crippen LogP) is 4.35. The SMILES string of the molecule is CN(c1ccccc1F)S(=O)(=O)c1cccc(C(=O)NC23CC4CC(CC(C4)C2)C3)c1. The number of benzene rings is 2. The van der Waals surface area contributed by atoms with Crippen molar-refractivity contribution in [2.45, 2.75) is 49.0 Å². The molecule has 4 fully saturated rings. The molecule has 0 heterocycles. The molecule has 4 bridgehead atoms. The average molecular weight is 443 g/mol. The summed E-state index contributed by atoms with van der Waals surface area (Å²) in [5, 5.41) is 3.28. The molecule has 1 N–H and O–H groups in total. The third kappa shape index (κ3) is 3.63. The number of sulfonamides is 1. The van der Waals surface area contributed by atoms with E-state index in [9.17, 15) is 17.6 Å². The van der Waals surface area contributed by atoms with E-state index in [2.05, 4.69) is 5.32 Å². The highest BCUT2D eigenvalue weighted by atomic mass is 32.2. The molecule has 4 aliphatic rings. The molecule has 2 aromatic carbocycles. The number of carbonyl (C=O) groups excluding carboxylic acids is 1. The maximum absolute atomic E-state index is 14.1. The minimum Gasteiger partial charge on any atom is -0.347 e. The van der Waals surface area contributed by atoms with Crippen LogP contribution in [0, 0.1) is 23.6 Å². The molecule has 5 nitrogen and oxygen atoms in total. The number of para-hydroxylation sites is 1. The first kappa shape index (κ1) is 20.5. The van der Waals surface area contributed by atoms with E-state index in [1.165, 1.54) is 56.6 Å². The van der Waals surface area contributed by atoms with Gasteiger partial charge < -0.3 is 5.32 Å². The average Bonchev–Trinajstić information content (AvgIpc) is 2.72. The van der Waals surface area contributed by atoms with E-state index in [4.69, 9.17) is 0 Å². The van der Waals surface area contributed by atoms with Crippen LogP contribution in [0.1, 0.15) is 48.9 Å². The Kier molecular flexibility index (Phi) is 4.84. The lowest BCUT2D eigenvalue weighted by Crippen LogP contribution is -2.59. The number of rotatable bonds is 5. The van der Waals surface area contributed by atoms with Crippen LogP contribution in [-0.2, 0) is 10.0 Å². The molecule has 2 aromatic rings. The minimum atomic E-state index is -4.01. The summed E-state index contributed by atoms with van der Waals surface area (Å²) >= 11 is 0. The van der Waals surface area contributed by atoms with Gasteiger partial charge in [-0.2, -0.15) is 0 Å². The molecule has 0 atom stereocenters. The summed E-state index contributed by atoms with van der Waals surface area (Å²) in [5.74, 6) is 1.25. The molecule has 4 saturated carbocycles. The second-order valence-electron chi connectivity index (χ2n) is 9.60. The molecular weight excluding hydrogens is 415 g/mol. The van der Waals surface area contributed by atoms with Crippen LogP contribution in [0.3, 0.4) is 0 Å². The van der Waals surface area contributed by atoms with E-state index in [-0.39, 0.29) is 22.0 Å². The molecule has 1 amide bonds. The number of anilines is 1. The van der Waals surface area contributed by atoms with Crippen molar-refractivity contribution in [1.29, 1.82) is 0 Å². The minimum absolute atomic E-state index is 0.0311. The van der Waals surface area contributed by atoms with Gasteiger partial charge in [-0.25, -0.2) is 12.8 Å². The normalized spacial score (nSPS) is 29.0. The van der Waals surface area contributed by atoms with Crippen molar-refractivity contribution < 1.29 is 17.6 Å². The molecule has 7 heteroatoms. The molecule has 0 spiro atoms. The van der Waals surface area contributed by atoms with Gasteiger partial charge in [-0.05, 0) is 86.6 Å². The third-order valence-corrected chi connectivity index (χ3v) is 9.13. The quantitative estimate of drug-likeness (QED) is 0.749. The Morgan fingerprint density at radius 1 is 1.00 bits per heavy atom. The van der Waals surface area contributed by atoms with E-state index in [1.807, 2.05) is 0 Å². The van der Waals surface area contributed by atoms with Gasteiger partial charge in [-0.1, -0.05) is 18.2 Å². The van der Waals surface area contributed by atoms with Crippen LogP contribution in [0.25, 0.3) is 0 Å². The van der Waals surface area contributed by atoms with Crippen LogP contribution in [-0.4, -0.2) is 26.9 Å². The van der Waals surface area contributed by atoms with Gasteiger partial charge in [0.1, 0.15) is 5.82 Å². The van der Waals surface area contributed by atoms with Crippen LogP contribution in [0.4, 0.5) is 10.1 Å². The van der Waals surface area contributed by atoms with E-state index >= 15 is 0 Å². The second kappa shape index (κ2) is 7.33. The van der Waals surface area contributed by atoms with E-state index in [0.717, 1.165) is 23.6 Å². The Morgan fingerprint density at radius 3 is 2.23 bits per heavy atom. The standard InChI is InChI=1S/C24H27FN2O3S/c1-27(22-8-3-2-7-21(22)25)31(29,30)20-6-4-5-19(12-20)23(28)26-24-13-16-9-17(14-24)11-18(10-16)15-24/h2-8,12,16-18H,9-11,13-15H2,1H3,(H,26,28). The van der Waals surface area contributed by atoms with Crippen LogP contribution in [0.15, 0.2) is 53.4 Å². The van der Waals surface area contributed by atoms with Crippen molar-refractivity contribution in [3.8, 4) is 0 Å². The third-order valence-electron chi connectivity index (χ3n) is 7.36. The van der Waals surface area contributed by atoms with Crippen LogP contribution < -0.4 is 9.62 Å². The maximum atomic E-state index is 14.1. The molecular formula is C24H27FN2O3S. The van der Waals surface area contributed by atoms with Gasteiger partial charge in [-0.3, -0.25) is 9.10 Å². The maximum Gasteiger partial charge on any atom is 0.264 e. The van der Waals surface area contributed by atoms with Gasteiger partial charge in [0.15, 0.2) is 0 Å². The highest BCUT2D eigenvalue weighted by molar-refractivity contribution is 7.92. The molecule has 0 unspecified atom stereocenters. The van der Waals surface area contributed by atoms with Gasteiger partial charge in [0, 0.05) is 18.2 Å². The van der Waals surface area contributed by atoms with Crippen molar-refractivity contribution >= 4 is 21.6 Å². The van der Waals surface area contributed by atoms with E-state index < -0.39 is 15.8 Å². The van der Waals surface area contributed by atoms with Gasteiger partial charge in [0.25, 0.3) is 15.9 Å². The Labute approximate surface area is 182 Å². The summed E-state index contributed by atoms with van der Waals surface area (Å²) in [6.07, 6.45) is 6.93. The topological polar surface area (TPSA) is 66.5 Å². The summed E-state index contributed by atoms with van der Waals surface area (Å²) in [4.78, 5) is 13.1. The van der Waals surface area contributed by atoms with Crippen molar-refractivity contribution in [2.24, 2.45) is 17.8 Å². The van der Waals surface area contributed by atoms with Crippen LogP contribution in [0.2, 0.25) is 0 Å². The number of hydrogen-bond acceptors (Lipinski definition) is 3. The lowest BCUT2D eigenvalue weighted by atomic mass is 9.53. The zero-order valence-corrected chi connectivity index (χ0v) is 18.4. The molecule has 31 heavy (non-hydrogen) atoms. The highest BCUT2D eigenvalue weighted by Gasteiger charge is 2.51. The van der Waals surface area contributed by atoms with Crippen LogP contribution >= 0.6 is 0 Å². The van der Waals surface area contributed by atoms with Crippen LogP contribution in [0.5, 0.6) is 0 Å². The first-order valence-electron chi connectivity index (χ1n) is 10.9. The lowest BCUT2D eigenvalue weighted by Gasteiger charge is -2.56. The van der Waals surface area contributed by atoms with Crippen molar-refractivity contribution in [3.63, 3.8) is 0 Å². The number of nitrogens with zero attached hydrogens (tertiary/aromatic N) is 1. The fourth-order valence-electron chi connectivity index (χ4n) is 6.37. The smallest absolute Gasteiger partial charge is 0.264 e. The zero-order valence-electron chi connectivity index (χ0n) is 17.6. The number of halogens is 1. The summed E-state index contributed by atoms with van der Waals surface area (Å²) in [5.41, 5.74) is 0.134. The van der Waals surface area contributed by atoms with Crippen molar-refractivity contribution in [1.82, 2.24) is 5.32 Å². The highest BCUT2D eigenvalue weighted by Crippen LogP contribution is 2.55. The lowest BCUT2D eigenvalue weighted by molar-refractivity contribution is -0.0167. The fourth-order valence-corrected chi connectivity index (χ4v) is 7.62. The monoisotopic (exact) mass is 442 g/mol. The van der Waals surface area contributed by atoms with Crippen molar-refractivity contribution in [3.05, 3.63) is 59.9 Å². The number of nitrogens with one attached hydrogen (secondary N) is 1. The van der Waals surface area contributed by atoms with Gasteiger partial charge in [0.2, 0.25) is 0 Å². The molecule has 0 aliphatic heterocycles. The first-order chi connectivity index (χ1) is 14.8. The molecule has 6 rings (SSSR count). The Balaban J connectivity index is 1.39. The molecule has 0 aromatic heterocycles. The molecule has 164 valence electrons. The largest absolute Gasteiger partial charge is 0.347 e. The summed E-state index contributed by atoms with van der Waals surface area (Å²) in [6.45, 7) is 0. The molecule has 4 aliphatic carbocycles. The van der Waals surface area contributed by atoms with Gasteiger partial charge in [-0.15, -0.1) is 0 Å². The Morgan fingerprint density at radius 2 is 1.61 bits per heavy atom. The summed E-state index contributed by atoms with van der Waals surface area (Å²) in [6, 6.07) is 11.8. The number of amides is 1. The summed E-state index contributed by atoms with van der Waals surface area (Å²) in [7, 11) is -2.70. The van der Waals surface area contributed by atoms with E-state index in [1.54, 1.807) is 18.2 Å². The Hall–Kier alpha value is -2.41. The van der Waals surface area contributed by atoms with E-state index in [0.29, 0.717) is 23.3 Å². The van der Waals surface area contributed by atoms with Crippen molar-refractivity contribution in [2.75, 3.05) is 11.4 Å². The summed E-state index contributed by atoms with van der Waals surface area (Å²) < 4.78 is 41.2. The van der Waals surface area contributed by atoms with Gasteiger partial charge >= 0.3 is 0 Å². The Bertz CT molecular complexity index is 1100.